The van der Waals surface area contributed by atoms with E-state index in [2.05, 4.69) is 20.9 Å². The van der Waals surface area contributed by atoms with Crippen molar-refractivity contribution in [3.8, 4) is 11.3 Å². The third kappa shape index (κ3) is 3.82. The van der Waals surface area contributed by atoms with Crippen LogP contribution in [0.25, 0.3) is 11.3 Å². The fourth-order valence-electron chi connectivity index (χ4n) is 3.25. The molecule has 0 atom stereocenters. The molecule has 0 spiro atoms. The Balaban J connectivity index is 1.90. The lowest BCUT2D eigenvalue weighted by Crippen LogP contribution is -2.15. The summed E-state index contributed by atoms with van der Waals surface area (Å²) >= 11 is 3.55. The molecule has 0 amide bonds. The smallest absolute Gasteiger partial charge is 0.213 e. The average molecular weight is 458 g/mol. The van der Waals surface area contributed by atoms with Crippen LogP contribution in [-0.4, -0.2) is 14.8 Å². The van der Waals surface area contributed by atoms with Gasteiger partial charge in [0, 0.05) is 17.8 Å². The highest BCUT2D eigenvalue weighted by molar-refractivity contribution is 9.10. The van der Waals surface area contributed by atoms with E-state index in [0.29, 0.717) is 15.7 Å². The van der Waals surface area contributed by atoms with Gasteiger partial charge >= 0.3 is 0 Å². The molecule has 0 fully saturated rings. The summed E-state index contributed by atoms with van der Waals surface area (Å²) in [6, 6.07) is 14.7. The maximum Gasteiger partial charge on any atom is 0.213 e. The molecule has 2 aromatic heterocycles. The van der Waals surface area contributed by atoms with Gasteiger partial charge in [0.1, 0.15) is 23.4 Å². The zero-order valence-electron chi connectivity index (χ0n) is 15.3. The Morgan fingerprint density at radius 3 is 1.93 bits per heavy atom. The van der Waals surface area contributed by atoms with Crippen molar-refractivity contribution in [2.75, 3.05) is 0 Å². The third-order valence-electron chi connectivity index (χ3n) is 4.69. The van der Waals surface area contributed by atoms with Crippen LogP contribution in [0.1, 0.15) is 22.9 Å². The van der Waals surface area contributed by atoms with Gasteiger partial charge in [-0.3, -0.25) is 4.68 Å². The molecule has 0 saturated carbocycles. The number of halogens is 4. The molecule has 2 aromatic carbocycles. The van der Waals surface area contributed by atoms with Crippen LogP contribution in [0.5, 0.6) is 0 Å². The van der Waals surface area contributed by atoms with Crippen molar-refractivity contribution in [1.82, 2.24) is 14.8 Å². The van der Waals surface area contributed by atoms with Gasteiger partial charge in [0.15, 0.2) is 0 Å². The Morgan fingerprint density at radius 2 is 1.41 bits per heavy atom. The first-order valence-corrected chi connectivity index (χ1v) is 9.61. The Labute approximate surface area is 174 Å². The number of hydrogen-bond donors (Lipinski definition) is 0. The van der Waals surface area contributed by atoms with Crippen LogP contribution in [0.15, 0.2) is 71.3 Å². The average Bonchev–Trinajstić information content (AvgIpc) is 3.00. The number of aromatic nitrogens is 3. The standard InChI is InChI=1S/C22H15BrF3N3/c1-13-20(23)21(16-10-11-27-19(26)12-16)28-29(13)22(14-2-6-17(24)7-3-14)15-4-8-18(25)9-5-15/h2-12,22H,1H3. The van der Waals surface area contributed by atoms with Crippen LogP contribution >= 0.6 is 15.9 Å². The number of hydrogen-bond acceptors (Lipinski definition) is 2. The van der Waals surface area contributed by atoms with Crippen LogP contribution in [-0.2, 0) is 0 Å². The van der Waals surface area contributed by atoms with Crippen LogP contribution < -0.4 is 0 Å². The zero-order valence-corrected chi connectivity index (χ0v) is 16.9. The summed E-state index contributed by atoms with van der Waals surface area (Å²) in [6.45, 7) is 1.87. The van der Waals surface area contributed by atoms with Gasteiger partial charge in [0.2, 0.25) is 5.95 Å². The predicted octanol–water partition coefficient (Wildman–Crippen LogP) is 6.07. The highest BCUT2D eigenvalue weighted by atomic mass is 79.9. The van der Waals surface area contributed by atoms with Gasteiger partial charge in [-0.1, -0.05) is 24.3 Å². The Kier molecular flexibility index (Phi) is 5.24. The topological polar surface area (TPSA) is 30.7 Å². The molecule has 0 saturated heterocycles. The second-order valence-electron chi connectivity index (χ2n) is 6.57. The summed E-state index contributed by atoms with van der Waals surface area (Å²) in [6.07, 6.45) is 1.38. The van der Waals surface area contributed by atoms with Crippen LogP contribution in [0.3, 0.4) is 0 Å². The first-order valence-electron chi connectivity index (χ1n) is 8.81. The van der Waals surface area contributed by atoms with E-state index in [1.165, 1.54) is 36.5 Å². The third-order valence-corrected chi connectivity index (χ3v) is 5.64. The lowest BCUT2D eigenvalue weighted by atomic mass is 9.98. The molecule has 3 nitrogen and oxygen atoms in total. The molecular weight excluding hydrogens is 443 g/mol. The maximum absolute atomic E-state index is 13.6. The van der Waals surface area contributed by atoms with E-state index in [1.54, 1.807) is 35.0 Å². The lowest BCUT2D eigenvalue weighted by Gasteiger charge is -2.20. The van der Waals surface area contributed by atoms with E-state index in [9.17, 15) is 13.2 Å². The van der Waals surface area contributed by atoms with Crippen molar-refractivity contribution in [3.05, 3.63) is 106 Å². The summed E-state index contributed by atoms with van der Waals surface area (Å²) in [5.41, 5.74) is 3.48. The molecule has 29 heavy (non-hydrogen) atoms. The normalized spacial score (nSPS) is 11.2. The van der Waals surface area contributed by atoms with Crippen LogP contribution in [0.4, 0.5) is 13.2 Å². The lowest BCUT2D eigenvalue weighted by molar-refractivity contribution is 0.572. The summed E-state index contributed by atoms with van der Waals surface area (Å²) in [7, 11) is 0. The first kappa shape index (κ1) is 19.4. The number of pyridine rings is 1. The molecule has 2 heterocycles. The van der Waals surface area contributed by atoms with Gasteiger partial charge in [-0.2, -0.15) is 9.49 Å². The van der Waals surface area contributed by atoms with Crippen LogP contribution in [0.2, 0.25) is 0 Å². The fourth-order valence-corrected chi connectivity index (χ4v) is 3.74. The molecule has 0 aliphatic rings. The molecule has 0 aliphatic heterocycles. The highest BCUT2D eigenvalue weighted by Crippen LogP contribution is 2.35. The fraction of sp³-hybridized carbons (Fsp3) is 0.0909. The van der Waals surface area contributed by atoms with Gasteiger partial charge < -0.3 is 0 Å². The van der Waals surface area contributed by atoms with E-state index in [-0.39, 0.29) is 11.6 Å². The van der Waals surface area contributed by atoms with Gasteiger partial charge in [0.05, 0.1) is 10.2 Å². The van der Waals surface area contributed by atoms with Crippen molar-refractivity contribution in [3.63, 3.8) is 0 Å². The molecular formula is C22H15BrF3N3. The molecule has 0 N–H and O–H groups in total. The Morgan fingerprint density at radius 1 is 0.862 bits per heavy atom. The molecule has 0 bridgehead atoms. The Hall–Kier alpha value is -2.93. The molecule has 146 valence electrons. The van der Waals surface area contributed by atoms with Crippen molar-refractivity contribution < 1.29 is 13.2 Å². The largest absolute Gasteiger partial charge is 0.256 e. The molecule has 0 radical (unpaired) electrons. The molecule has 4 aromatic rings. The molecule has 0 aliphatic carbocycles. The number of benzene rings is 2. The minimum Gasteiger partial charge on any atom is -0.256 e. The summed E-state index contributed by atoms with van der Waals surface area (Å²) in [4.78, 5) is 3.58. The number of rotatable bonds is 4. The monoisotopic (exact) mass is 457 g/mol. The van der Waals surface area contributed by atoms with Gasteiger partial charge in [-0.15, -0.1) is 0 Å². The van der Waals surface area contributed by atoms with Gasteiger partial charge in [0.25, 0.3) is 0 Å². The van der Waals surface area contributed by atoms with Crippen LogP contribution in [0, 0.1) is 24.5 Å². The second-order valence-corrected chi connectivity index (χ2v) is 7.36. The summed E-state index contributed by atoms with van der Waals surface area (Å²) in [5.74, 6) is -1.30. The van der Waals surface area contributed by atoms with E-state index in [1.807, 2.05) is 6.92 Å². The highest BCUT2D eigenvalue weighted by Gasteiger charge is 2.23. The van der Waals surface area contributed by atoms with Crippen molar-refractivity contribution in [1.29, 1.82) is 0 Å². The number of nitrogens with zero attached hydrogens (tertiary/aromatic N) is 3. The minimum absolute atomic E-state index is 0.349. The van der Waals surface area contributed by atoms with Gasteiger partial charge in [-0.25, -0.2) is 13.8 Å². The Bertz CT molecular complexity index is 1110. The molecule has 4 rings (SSSR count). The quantitative estimate of drug-likeness (QED) is 0.348. The van der Waals surface area contributed by atoms with Crippen molar-refractivity contribution >= 4 is 15.9 Å². The van der Waals surface area contributed by atoms with E-state index >= 15 is 0 Å². The van der Waals surface area contributed by atoms with Gasteiger partial charge in [-0.05, 0) is 64.3 Å². The first-order chi connectivity index (χ1) is 13.9. The molecule has 0 unspecified atom stereocenters. The molecule has 7 heteroatoms. The minimum atomic E-state index is -0.602. The van der Waals surface area contributed by atoms with Crippen molar-refractivity contribution in [2.45, 2.75) is 13.0 Å². The van der Waals surface area contributed by atoms with E-state index < -0.39 is 12.0 Å². The maximum atomic E-state index is 13.6. The van der Waals surface area contributed by atoms with Crippen molar-refractivity contribution in [2.24, 2.45) is 0 Å². The SMILES string of the molecule is Cc1c(Br)c(-c2ccnc(F)c2)nn1C(c1ccc(F)cc1)c1ccc(F)cc1. The van der Waals surface area contributed by atoms with E-state index in [4.69, 9.17) is 5.10 Å². The predicted molar refractivity (Wildman–Crippen MR) is 108 cm³/mol. The van der Waals surface area contributed by atoms with E-state index in [0.717, 1.165) is 16.8 Å². The summed E-state index contributed by atoms with van der Waals surface area (Å²) < 4.78 is 43.1. The second kappa shape index (κ2) is 7.83. The summed E-state index contributed by atoms with van der Waals surface area (Å²) in [5, 5.41) is 4.71. The zero-order chi connectivity index (χ0) is 20.5.